The topological polar surface area (TPSA) is 63.6 Å². The van der Waals surface area contributed by atoms with E-state index in [1.165, 1.54) is 13.0 Å². The Bertz CT molecular complexity index is 198. The third-order valence-electron chi connectivity index (χ3n) is 1.41. The number of carbonyl (C=O) groups is 2. The van der Waals surface area contributed by atoms with Gasteiger partial charge >= 0.3 is 5.97 Å². The summed E-state index contributed by atoms with van der Waals surface area (Å²) >= 11 is 0. The average Bonchev–Trinajstić information content (AvgIpc) is 2.10. The SMILES string of the molecule is C=CC(CO)OC(=O)CCC(C)=O. The second-order valence-electron chi connectivity index (χ2n) is 2.65. The zero-order chi connectivity index (χ0) is 10.3. The Hall–Kier alpha value is -1.16. The summed E-state index contributed by atoms with van der Waals surface area (Å²) in [6, 6.07) is 0. The van der Waals surface area contributed by atoms with Gasteiger partial charge in [0.25, 0.3) is 0 Å². The number of rotatable bonds is 6. The first-order valence-electron chi connectivity index (χ1n) is 4.02. The third kappa shape index (κ3) is 6.04. The molecule has 1 N–H and O–H groups in total. The molecule has 0 saturated heterocycles. The molecule has 0 spiro atoms. The van der Waals surface area contributed by atoms with E-state index in [9.17, 15) is 9.59 Å². The van der Waals surface area contributed by atoms with Crippen LogP contribution in [0.1, 0.15) is 19.8 Å². The maximum atomic E-state index is 10.9. The van der Waals surface area contributed by atoms with Gasteiger partial charge in [0.05, 0.1) is 13.0 Å². The minimum absolute atomic E-state index is 0.0552. The second kappa shape index (κ2) is 6.37. The second-order valence-corrected chi connectivity index (χ2v) is 2.65. The Morgan fingerprint density at radius 2 is 2.15 bits per heavy atom. The Morgan fingerprint density at radius 1 is 1.54 bits per heavy atom. The summed E-state index contributed by atoms with van der Waals surface area (Å²) in [6.45, 7) is 4.50. The number of ether oxygens (including phenoxy) is 1. The van der Waals surface area contributed by atoms with Gasteiger partial charge in [-0.1, -0.05) is 6.58 Å². The summed E-state index contributed by atoms with van der Waals surface area (Å²) in [4.78, 5) is 21.4. The first kappa shape index (κ1) is 11.8. The molecule has 74 valence electrons. The van der Waals surface area contributed by atoms with Crippen LogP contribution in [0.3, 0.4) is 0 Å². The van der Waals surface area contributed by atoms with Crippen molar-refractivity contribution in [2.24, 2.45) is 0 Å². The fraction of sp³-hybridized carbons (Fsp3) is 0.556. The van der Waals surface area contributed by atoms with E-state index in [1.54, 1.807) is 0 Å². The van der Waals surface area contributed by atoms with E-state index >= 15 is 0 Å². The lowest BCUT2D eigenvalue weighted by atomic mass is 10.2. The van der Waals surface area contributed by atoms with Gasteiger partial charge in [0.2, 0.25) is 0 Å². The van der Waals surface area contributed by atoms with Gasteiger partial charge in [-0.2, -0.15) is 0 Å². The van der Waals surface area contributed by atoms with Gasteiger partial charge < -0.3 is 14.6 Å². The van der Waals surface area contributed by atoms with Crippen molar-refractivity contribution in [3.63, 3.8) is 0 Å². The molecular weight excluding hydrogens is 172 g/mol. The smallest absolute Gasteiger partial charge is 0.306 e. The predicted molar refractivity (Wildman–Crippen MR) is 47.1 cm³/mol. The van der Waals surface area contributed by atoms with Crippen molar-refractivity contribution in [2.75, 3.05) is 6.61 Å². The Balaban J connectivity index is 3.72. The first-order chi connectivity index (χ1) is 6.10. The lowest BCUT2D eigenvalue weighted by Gasteiger charge is -2.10. The van der Waals surface area contributed by atoms with Crippen molar-refractivity contribution in [1.82, 2.24) is 0 Å². The molecule has 0 rings (SSSR count). The van der Waals surface area contributed by atoms with Gasteiger partial charge in [0.1, 0.15) is 11.9 Å². The molecule has 4 nitrogen and oxygen atoms in total. The van der Waals surface area contributed by atoms with E-state index in [0.717, 1.165) is 0 Å². The van der Waals surface area contributed by atoms with Gasteiger partial charge in [-0.05, 0) is 13.0 Å². The summed E-state index contributed by atoms with van der Waals surface area (Å²) in [7, 11) is 0. The van der Waals surface area contributed by atoms with Crippen molar-refractivity contribution < 1.29 is 19.4 Å². The molecule has 0 aliphatic heterocycles. The van der Waals surface area contributed by atoms with Crippen LogP contribution in [0.15, 0.2) is 12.7 Å². The van der Waals surface area contributed by atoms with E-state index in [0.29, 0.717) is 0 Å². The van der Waals surface area contributed by atoms with Gasteiger partial charge in [-0.15, -0.1) is 0 Å². The number of hydrogen-bond acceptors (Lipinski definition) is 4. The number of Topliss-reactive ketones (excluding diaryl/α,β-unsaturated/α-hetero) is 1. The van der Waals surface area contributed by atoms with Crippen LogP contribution in [0, 0.1) is 0 Å². The molecule has 0 saturated carbocycles. The molecule has 0 bridgehead atoms. The van der Waals surface area contributed by atoms with E-state index in [1.807, 2.05) is 0 Å². The molecule has 0 amide bonds. The highest BCUT2D eigenvalue weighted by Crippen LogP contribution is 1.99. The molecule has 0 aromatic heterocycles. The van der Waals surface area contributed by atoms with Crippen molar-refractivity contribution in [3.05, 3.63) is 12.7 Å². The molecule has 13 heavy (non-hydrogen) atoms. The van der Waals surface area contributed by atoms with Crippen molar-refractivity contribution in [3.8, 4) is 0 Å². The maximum absolute atomic E-state index is 10.9. The summed E-state index contributed by atoms with van der Waals surface area (Å²) in [5.41, 5.74) is 0. The largest absolute Gasteiger partial charge is 0.456 e. The van der Waals surface area contributed by atoms with Crippen molar-refractivity contribution in [1.29, 1.82) is 0 Å². The summed E-state index contributed by atoms with van der Waals surface area (Å²) in [6.07, 6.45) is 0.902. The molecule has 0 aliphatic carbocycles. The molecule has 0 aromatic carbocycles. The number of esters is 1. The lowest BCUT2D eigenvalue weighted by molar-refractivity contribution is -0.149. The van der Waals surface area contributed by atoms with Crippen LogP contribution >= 0.6 is 0 Å². The first-order valence-corrected chi connectivity index (χ1v) is 4.02. The number of aliphatic hydroxyl groups excluding tert-OH is 1. The fourth-order valence-electron chi connectivity index (χ4n) is 0.666. The monoisotopic (exact) mass is 186 g/mol. The number of carbonyl (C=O) groups excluding carboxylic acids is 2. The minimum Gasteiger partial charge on any atom is -0.456 e. The minimum atomic E-state index is -0.667. The van der Waals surface area contributed by atoms with Crippen LogP contribution in [-0.2, 0) is 14.3 Å². The molecule has 4 heteroatoms. The highest BCUT2D eigenvalue weighted by atomic mass is 16.5. The molecule has 0 radical (unpaired) electrons. The standard InChI is InChI=1S/C9H14O4/c1-3-8(6-10)13-9(12)5-4-7(2)11/h3,8,10H,1,4-6H2,2H3. The maximum Gasteiger partial charge on any atom is 0.306 e. The van der Waals surface area contributed by atoms with Crippen LogP contribution in [-0.4, -0.2) is 29.6 Å². The van der Waals surface area contributed by atoms with Gasteiger partial charge in [0.15, 0.2) is 0 Å². The summed E-state index contributed by atoms with van der Waals surface area (Å²) in [5, 5.41) is 8.64. The molecule has 0 heterocycles. The van der Waals surface area contributed by atoms with Crippen molar-refractivity contribution in [2.45, 2.75) is 25.9 Å². The summed E-state index contributed by atoms with van der Waals surface area (Å²) in [5.74, 6) is -0.551. The van der Waals surface area contributed by atoms with Crippen molar-refractivity contribution >= 4 is 11.8 Å². The van der Waals surface area contributed by atoms with Gasteiger partial charge in [0, 0.05) is 6.42 Å². The summed E-state index contributed by atoms with van der Waals surface area (Å²) < 4.78 is 4.74. The van der Waals surface area contributed by atoms with E-state index in [2.05, 4.69) is 6.58 Å². The normalized spacial score (nSPS) is 11.8. The van der Waals surface area contributed by atoms with E-state index in [-0.39, 0.29) is 25.2 Å². The Labute approximate surface area is 77.2 Å². The van der Waals surface area contributed by atoms with Crippen LogP contribution in [0.4, 0.5) is 0 Å². The van der Waals surface area contributed by atoms with Crippen LogP contribution in [0.5, 0.6) is 0 Å². The van der Waals surface area contributed by atoms with Gasteiger partial charge in [-0.25, -0.2) is 0 Å². The molecular formula is C9H14O4. The Kier molecular flexibility index (Phi) is 5.80. The molecule has 1 atom stereocenters. The van der Waals surface area contributed by atoms with E-state index in [4.69, 9.17) is 9.84 Å². The number of hydrogen-bond donors (Lipinski definition) is 1. The number of ketones is 1. The number of aliphatic hydroxyl groups is 1. The quantitative estimate of drug-likeness (QED) is 0.483. The highest BCUT2D eigenvalue weighted by Gasteiger charge is 2.10. The highest BCUT2D eigenvalue weighted by molar-refractivity contribution is 5.81. The average molecular weight is 186 g/mol. The zero-order valence-corrected chi connectivity index (χ0v) is 7.66. The molecule has 0 aromatic rings. The van der Waals surface area contributed by atoms with E-state index < -0.39 is 12.1 Å². The molecule has 0 fully saturated rings. The molecule has 1 unspecified atom stereocenters. The zero-order valence-electron chi connectivity index (χ0n) is 7.66. The Morgan fingerprint density at radius 3 is 2.54 bits per heavy atom. The predicted octanol–water partition coefficient (Wildman–Crippen LogP) is 0.446. The lowest BCUT2D eigenvalue weighted by Crippen LogP contribution is -2.19. The van der Waals surface area contributed by atoms with Crippen LogP contribution in [0.25, 0.3) is 0 Å². The third-order valence-corrected chi connectivity index (χ3v) is 1.41. The van der Waals surface area contributed by atoms with Crippen LogP contribution < -0.4 is 0 Å². The fourth-order valence-corrected chi connectivity index (χ4v) is 0.666. The van der Waals surface area contributed by atoms with Crippen LogP contribution in [0.2, 0.25) is 0 Å². The van der Waals surface area contributed by atoms with Gasteiger partial charge in [-0.3, -0.25) is 4.79 Å². The molecule has 0 aliphatic rings.